The van der Waals surface area contributed by atoms with Crippen LogP contribution in [0.2, 0.25) is 0 Å². The number of aliphatic hydroxyl groups excluding tert-OH is 1. The number of amides is 1. The van der Waals surface area contributed by atoms with E-state index in [1.807, 2.05) is 21.1 Å². The van der Waals surface area contributed by atoms with E-state index >= 15 is 0 Å². The van der Waals surface area contributed by atoms with E-state index in [9.17, 15) is 19.4 Å². The summed E-state index contributed by atoms with van der Waals surface area (Å²) in [7, 11) is 1.31. The summed E-state index contributed by atoms with van der Waals surface area (Å²) in [6.45, 7) is 4.63. The highest BCUT2D eigenvalue weighted by Gasteiger charge is 2.24. The lowest BCUT2D eigenvalue weighted by Gasteiger charge is -2.30. The molecule has 0 bridgehead atoms. The van der Waals surface area contributed by atoms with Gasteiger partial charge in [-0.2, -0.15) is 0 Å². The van der Waals surface area contributed by atoms with Crippen LogP contribution in [-0.2, 0) is 18.4 Å². The molecule has 9 heteroatoms. The summed E-state index contributed by atoms with van der Waals surface area (Å²) in [4.78, 5) is 25.1. The number of carbonyl (C=O) groups is 1. The molecule has 0 heterocycles. The number of likely N-dealkylation sites (N-methyl/N-ethyl adjacent to an activating group) is 1. The Morgan fingerprint density at radius 1 is 0.508 bits per heavy atom. The van der Waals surface area contributed by atoms with Gasteiger partial charge in [0.05, 0.1) is 39.9 Å². The van der Waals surface area contributed by atoms with E-state index in [2.05, 4.69) is 19.2 Å². The smallest absolute Gasteiger partial charge is 0.268 e. The molecule has 0 saturated heterocycles. The van der Waals surface area contributed by atoms with Crippen LogP contribution in [0.1, 0.15) is 277 Å². The van der Waals surface area contributed by atoms with Crippen LogP contribution in [-0.4, -0.2) is 68.5 Å². The first-order chi connectivity index (χ1) is 29.5. The number of carbonyl (C=O) groups excluding carboxylic acids is 1. The average molecular weight is 887 g/mol. The molecular weight excluding hydrogens is 780 g/mol. The highest BCUT2D eigenvalue weighted by atomic mass is 31.2. The van der Waals surface area contributed by atoms with Crippen LogP contribution < -0.4 is 10.2 Å². The average Bonchev–Trinajstić information content (AvgIpc) is 3.21. The SMILES string of the molecule is CCCCCCCCCCCCCCCCCCCCCCCCCCCCCCCCCCCCCC(=O)NC(COP(=O)([O-])OCC[N+](C)(C)C)C(O)CCCCCC. The van der Waals surface area contributed by atoms with Crippen LogP contribution in [0.5, 0.6) is 0 Å². The number of aliphatic hydroxyl groups is 1. The van der Waals surface area contributed by atoms with Gasteiger partial charge in [0.1, 0.15) is 13.2 Å². The van der Waals surface area contributed by atoms with Crippen LogP contribution in [0.25, 0.3) is 0 Å². The zero-order valence-corrected chi connectivity index (χ0v) is 42.5. The van der Waals surface area contributed by atoms with Gasteiger partial charge in [-0.05, 0) is 12.8 Å². The Kier molecular flexibility index (Phi) is 44.3. The van der Waals surface area contributed by atoms with E-state index in [0.717, 1.165) is 44.9 Å². The molecule has 0 aromatic carbocycles. The summed E-state index contributed by atoms with van der Waals surface area (Å²) in [5.41, 5.74) is 0. The maximum atomic E-state index is 12.8. The molecule has 0 aliphatic heterocycles. The lowest BCUT2D eigenvalue weighted by molar-refractivity contribution is -0.870. The van der Waals surface area contributed by atoms with Gasteiger partial charge in [0.25, 0.3) is 7.82 Å². The van der Waals surface area contributed by atoms with Gasteiger partial charge in [0, 0.05) is 6.42 Å². The fourth-order valence-electron chi connectivity index (χ4n) is 8.34. The third-order valence-corrected chi connectivity index (χ3v) is 13.6. The van der Waals surface area contributed by atoms with Gasteiger partial charge in [0.15, 0.2) is 0 Å². The van der Waals surface area contributed by atoms with Crippen molar-refractivity contribution in [1.82, 2.24) is 5.32 Å². The Labute approximate surface area is 380 Å². The van der Waals surface area contributed by atoms with E-state index < -0.39 is 20.0 Å². The summed E-state index contributed by atoms with van der Waals surface area (Å²) >= 11 is 0. The lowest BCUT2D eigenvalue weighted by Crippen LogP contribution is -2.46. The fourth-order valence-corrected chi connectivity index (χ4v) is 9.06. The van der Waals surface area contributed by atoms with Gasteiger partial charge in [-0.1, -0.05) is 258 Å². The van der Waals surface area contributed by atoms with Gasteiger partial charge in [-0.25, -0.2) is 0 Å². The minimum Gasteiger partial charge on any atom is -0.756 e. The first-order valence-electron chi connectivity index (χ1n) is 26.9. The van der Waals surface area contributed by atoms with Crippen LogP contribution in [0.4, 0.5) is 0 Å². The van der Waals surface area contributed by atoms with Crippen molar-refractivity contribution < 1.29 is 32.9 Å². The summed E-state index contributed by atoms with van der Waals surface area (Å²) in [6, 6.07) is -0.790. The van der Waals surface area contributed by atoms with Crippen LogP contribution in [0.15, 0.2) is 0 Å². The predicted octanol–water partition coefficient (Wildman–Crippen LogP) is 15.1. The van der Waals surface area contributed by atoms with E-state index in [-0.39, 0.29) is 19.1 Å². The second-order valence-electron chi connectivity index (χ2n) is 20.0. The largest absolute Gasteiger partial charge is 0.756 e. The Bertz CT molecular complexity index is 963. The number of nitrogens with one attached hydrogen (secondary N) is 1. The minimum absolute atomic E-state index is 0.0145. The zero-order chi connectivity index (χ0) is 45.0. The number of nitrogens with zero attached hydrogens (tertiary/aromatic N) is 1. The molecule has 3 atom stereocenters. The molecule has 3 unspecified atom stereocenters. The Morgan fingerprint density at radius 2 is 0.803 bits per heavy atom. The zero-order valence-electron chi connectivity index (χ0n) is 41.7. The summed E-state index contributed by atoms with van der Waals surface area (Å²) in [5, 5.41) is 13.7. The summed E-state index contributed by atoms with van der Waals surface area (Å²) < 4.78 is 23.0. The van der Waals surface area contributed by atoms with Crippen molar-refractivity contribution in [2.75, 3.05) is 40.9 Å². The van der Waals surface area contributed by atoms with Gasteiger partial charge >= 0.3 is 0 Å². The molecule has 1 amide bonds. The molecule has 0 fully saturated rings. The van der Waals surface area contributed by atoms with E-state index in [4.69, 9.17) is 9.05 Å². The highest BCUT2D eigenvalue weighted by molar-refractivity contribution is 7.45. The molecule has 0 aromatic rings. The van der Waals surface area contributed by atoms with Crippen LogP contribution in [0, 0.1) is 0 Å². The highest BCUT2D eigenvalue weighted by Crippen LogP contribution is 2.38. The van der Waals surface area contributed by atoms with Crippen molar-refractivity contribution in [1.29, 1.82) is 0 Å². The van der Waals surface area contributed by atoms with Gasteiger partial charge in [-0.15, -0.1) is 0 Å². The molecule has 0 aliphatic rings. The fraction of sp³-hybridized carbons (Fsp3) is 0.981. The van der Waals surface area contributed by atoms with Crippen molar-refractivity contribution in [3.8, 4) is 0 Å². The molecule has 2 N–H and O–H groups in total. The van der Waals surface area contributed by atoms with E-state index in [0.29, 0.717) is 23.9 Å². The minimum atomic E-state index is -4.54. The number of phosphoric acid groups is 1. The molecule has 8 nitrogen and oxygen atoms in total. The third kappa shape index (κ3) is 47.3. The lowest BCUT2D eigenvalue weighted by atomic mass is 10.0. The first kappa shape index (κ1) is 60.5. The Balaban J connectivity index is 3.64. The monoisotopic (exact) mass is 887 g/mol. The molecular formula is C52H107N2O6P. The van der Waals surface area contributed by atoms with Crippen molar-refractivity contribution in [3.05, 3.63) is 0 Å². The number of unbranched alkanes of at least 4 members (excludes halogenated alkanes) is 37. The molecule has 0 rings (SSSR count). The van der Waals surface area contributed by atoms with Crippen molar-refractivity contribution in [2.45, 2.75) is 289 Å². The summed E-state index contributed by atoms with van der Waals surface area (Å²) in [6.07, 6.45) is 52.3. The van der Waals surface area contributed by atoms with Gasteiger partial charge in [0.2, 0.25) is 5.91 Å². The standard InChI is InChI=1S/C52H107N2O6P/c1-6-8-10-12-13-14-15-16-17-18-19-20-21-22-23-24-25-26-27-28-29-30-31-32-33-34-35-36-37-38-39-40-41-42-44-46-52(56)53-50(51(55)45-43-11-9-7-2)49-60-61(57,58)59-48-47-54(3,4)5/h50-51,55H,6-49H2,1-5H3,(H-,53,56,57,58). The van der Waals surface area contributed by atoms with Gasteiger partial charge in [-0.3, -0.25) is 9.36 Å². The molecule has 0 radical (unpaired) electrons. The third-order valence-electron chi connectivity index (χ3n) is 12.6. The van der Waals surface area contributed by atoms with E-state index in [1.54, 1.807) is 0 Å². The molecule has 0 saturated carbocycles. The number of phosphoric ester groups is 1. The maximum Gasteiger partial charge on any atom is 0.268 e. The number of hydrogen-bond donors (Lipinski definition) is 2. The van der Waals surface area contributed by atoms with Crippen molar-refractivity contribution in [3.63, 3.8) is 0 Å². The van der Waals surface area contributed by atoms with Gasteiger partial charge < -0.3 is 28.8 Å². The predicted molar refractivity (Wildman–Crippen MR) is 261 cm³/mol. The van der Waals surface area contributed by atoms with Crippen molar-refractivity contribution in [2.24, 2.45) is 0 Å². The molecule has 61 heavy (non-hydrogen) atoms. The van der Waals surface area contributed by atoms with Crippen LogP contribution >= 0.6 is 7.82 Å². The quantitative estimate of drug-likeness (QED) is 0.0358. The van der Waals surface area contributed by atoms with Crippen molar-refractivity contribution >= 4 is 13.7 Å². The van der Waals surface area contributed by atoms with E-state index in [1.165, 1.54) is 205 Å². The number of quaternary nitrogens is 1. The summed E-state index contributed by atoms with van der Waals surface area (Å²) in [5.74, 6) is -0.168. The Morgan fingerprint density at radius 3 is 1.11 bits per heavy atom. The topological polar surface area (TPSA) is 108 Å². The normalized spacial score (nSPS) is 14.0. The number of hydrogen-bond acceptors (Lipinski definition) is 6. The molecule has 366 valence electrons. The maximum absolute atomic E-state index is 12.8. The molecule has 0 aromatic heterocycles. The van der Waals surface area contributed by atoms with Crippen LogP contribution in [0.3, 0.4) is 0 Å². The Hall–Kier alpha value is -0.500. The number of rotatable bonds is 50. The molecule has 0 aliphatic carbocycles. The molecule has 0 spiro atoms. The second-order valence-corrected chi connectivity index (χ2v) is 21.4. The second kappa shape index (κ2) is 44.7. The first-order valence-corrected chi connectivity index (χ1v) is 28.3.